The number of carbonyl (C=O) groups is 1. The lowest BCUT2D eigenvalue weighted by Crippen LogP contribution is -2.39. The summed E-state index contributed by atoms with van der Waals surface area (Å²) in [6, 6.07) is 0. The summed E-state index contributed by atoms with van der Waals surface area (Å²) in [5, 5.41) is 6.24. The molecule has 1 amide bonds. The Morgan fingerprint density at radius 3 is 2.11 bits per heavy atom. The fourth-order valence-electron chi connectivity index (χ4n) is 1.85. The summed E-state index contributed by atoms with van der Waals surface area (Å²) in [5.41, 5.74) is 0. The third-order valence-electron chi connectivity index (χ3n) is 3.08. The third kappa shape index (κ3) is 13.6. The highest BCUT2D eigenvalue weighted by Gasteiger charge is 2.03. The number of rotatable bonds is 11. The molecule has 0 rings (SSSR count). The minimum Gasteiger partial charge on any atom is -0.362 e. The molecule has 0 aliphatic carbocycles. The van der Waals surface area contributed by atoms with Crippen molar-refractivity contribution in [2.75, 3.05) is 6.54 Å². The molecule has 0 aliphatic rings. The molecule has 0 aromatic carbocycles. The molecule has 0 aromatic rings. The molecule has 0 unspecified atom stereocenters. The van der Waals surface area contributed by atoms with Gasteiger partial charge in [-0.1, -0.05) is 58.8 Å². The molecule has 0 atom stereocenters. The Kier molecular flexibility index (Phi) is 13.3. The van der Waals surface area contributed by atoms with Crippen molar-refractivity contribution in [3.05, 3.63) is 0 Å². The lowest BCUT2D eigenvalue weighted by Gasteiger charge is -2.08. The Labute approximate surface area is 123 Å². The quantitative estimate of drug-likeness (QED) is 0.447. The number of nitrogens with one attached hydrogen (secondary N) is 2. The van der Waals surface area contributed by atoms with Crippen molar-refractivity contribution in [1.29, 1.82) is 0 Å². The van der Waals surface area contributed by atoms with Gasteiger partial charge in [0.15, 0.2) is 5.11 Å². The highest BCUT2D eigenvalue weighted by Crippen LogP contribution is 2.08. The van der Waals surface area contributed by atoms with Gasteiger partial charge in [0.05, 0.1) is 0 Å². The van der Waals surface area contributed by atoms with Crippen LogP contribution in [0.5, 0.6) is 0 Å². The van der Waals surface area contributed by atoms with Crippen molar-refractivity contribution in [2.24, 2.45) is 0 Å². The molecular weight excluding hydrogens is 256 g/mol. The monoisotopic (exact) mass is 286 g/mol. The molecular formula is C15H30N2OS. The van der Waals surface area contributed by atoms with E-state index in [9.17, 15) is 4.79 Å². The van der Waals surface area contributed by atoms with E-state index < -0.39 is 0 Å². The zero-order valence-corrected chi connectivity index (χ0v) is 13.4. The van der Waals surface area contributed by atoms with Crippen LogP contribution in [0, 0.1) is 0 Å². The van der Waals surface area contributed by atoms with Crippen LogP contribution in [-0.4, -0.2) is 17.6 Å². The predicted octanol–water partition coefficient (Wildman–Crippen LogP) is 3.92. The van der Waals surface area contributed by atoms with Gasteiger partial charge in [-0.3, -0.25) is 4.79 Å². The fraction of sp³-hybridized carbons (Fsp3) is 0.867. The zero-order chi connectivity index (χ0) is 14.3. The van der Waals surface area contributed by atoms with Crippen molar-refractivity contribution >= 4 is 23.2 Å². The van der Waals surface area contributed by atoms with Crippen LogP contribution in [0.3, 0.4) is 0 Å². The number of amides is 1. The van der Waals surface area contributed by atoms with Gasteiger partial charge in [-0.15, -0.1) is 0 Å². The van der Waals surface area contributed by atoms with E-state index in [2.05, 4.69) is 24.5 Å². The standard InChI is InChI=1S/C15H30N2OS/c1-3-5-7-8-9-10-11-12-14(18)17-15(19)16-13-6-4-2/h3-13H2,1-2H3,(H2,16,17,18,19). The Morgan fingerprint density at radius 1 is 0.895 bits per heavy atom. The van der Waals surface area contributed by atoms with E-state index >= 15 is 0 Å². The minimum absolute atomic E-state index is 0.0440. The van der Waals surface area contributed by atoms with Gasteiger partial charge in [0.25, 0.3) is 0 Å². The van der Waals surface area contributed by atoms with Crippen molar-refractivity contribution < 1.29 is 4.79 Å². The second-order valence-corrected chi connectivity index (χ2v) is 5.44. The Bertz CT molecular complexity index is 244. The second kappa shape index (κ2) is 13.8. The molecule has 0 heterocycles. The van der Waals surface area contributed by atoms with Crippen molar-refractivity contribution in [3.8, 4) is 0 Å². The average molecular weight is 286 g/mol. The summed E-state index contributed by atoms with van der Waals surface area (Å²) >= 11 is 5.05. The molecule has 0 fully saturated rings. The van der Waals surface area contributed by atoms with Gasteiger partial charge in [-0.2, -0.15) is 0 Å². The van der Waals surface area contributed by atoms with Gasteiger partial charge in [0, 0.05) is 13.0 Å². The number of hydrogen-bond donors (Lipinski definition) is 2. The Hall–Kier alpha value is -0.640. The van der Waals surface area contributed by atoms with E-state index in [0.717, 1.165) is 32.2 Å². The van der Waals surface area contributed by atoms with Gasteiger partial charge in [-0.05, 0) is 25.1 Å². The van der Waals surface area contributed by atoms with Gasteiger partial charge >= 0.3 is 0 Å². The maximum absolute atomic E-state index is 11.6. The molecule has 4 heteroatoms. The van der Waals surface area contributed by atoms with Crippen LogP contribution in [0.1, 0.15) is 78.1 Å². The molecule has 0 aliphatic heterocycles. The first-order valence-corrected chi connectivity index (χ1v) is 8.19. The zero-order valence-electron chi connectivity index (χ0n) is 12.6. The summed E-state index contributed by atoms with van der Waals surface area (Å²) in [6.07, 6.45) is 11.4. The van der Waals surface area contributed by atoms with Crippen LogP contribution < -0.4 is 10.6 Å². The molecule has 0 saturated carbocycles. The number of thiocarbonyl (C=S) groups is 1. The molecule has 19 heavy (non-hydrogen) atoms. The topological polar surface area (TPSA) is 41.1 Å². The van der Waals surface area contributed by atoms with E-state index in [1.165, 1.54) is 32.1 Å². The first-order chi connectivity index (χ1) is 9.20. The van der Waals surface area contributed by atoms with E-state index in [1.54, 1.807) is 0 Å². The number of carbonyl (C=O) groups excluding carboxylic acids is 1. The third-order valence-corrected chi connectivity index (χ3v) is 3.32. The maximum atomic E-state index is 11.6. The maximum Gasteiger partial charge on any atom is 0.226 e. The minimum atomic E-state index is 0.0440. The van der Waals surface area contributed by atoms with Crippen LogP contribution in [0.4, 0.5) is 0 Å². The molecule has 0 radical (unpaired) electrons. The molecule has 0 bridgehead atoms. The van der Waals surface area contributed by atoms with Gasteiger partial charge in [0.2, 0.25) is 5.91 Å². The van der Waals surface area contributed by atoms with E-state index in [0.29, 0.717) is 11.5 Å². The second-order valence-electron chi connectivity index (χ2n) is 5.03. The first kappa shape index (κ1) is 18.4. The predicted molar refractivity (Wildman–Crippen MR) is 86.3 cm³/mol. The summed E-state index contributed by atoms with van der Waals surface area (Å²) in [4.78, 5) is 11.6. The van der Waals surface area contributed by atoms with Crippen LogP contribution >= 0.6 is 12.2 Å². The van der Waals surface area contributed by atoms with Crippen LogP contribution in [0.25, 0.3) is 0 Å². The molecule has 3 nitrogen and oxygen atoms in total. The Morgan fingerprint density at radius 2 is 1.47 bits per heavy atom. The Balaban J connectivity index is 3.36. The molecule has 0 saturated heterocycles. The summed E-state index contributed by atoms with van der Waals surface area (Å²) in [6.45, 7) is 5.19. The summed E-state index contributed by atoms with van der Waals surface area (Å²) in [7, 11) is 0. The van der Waals surface area contributed by atoms with Crippen molar-refractivity contribution in [2.45, 2.75) is 78.1 Å². The number of hydrogen-bond acceptors (Lipinski definition) is 2. The van der Waals surface area contributed by atoms with Gasteiger partial charge in [-0.25, -0.2) is 0 Å². The van der Waals surface area contributed by atoms with Gasteiger partial charge < -0.3 is 10.6 Å². The normalized spacial score (nSPS) is 10.2. The van der Waals surface area contributed by atoms with Crippen molar-refractivity contribution in [3.63, 3.8) is 0 Å². The van der Waals surface area contributed by atoms with E-state index in [4.69, 9.17) is 12.2 Å². The van der Waals surface area contributed by atoms with Gasteiger partial charge in [0.1, 0.15) is 0 Å². The molecule has 0 spiro atoms. The molecule has 2 N–H and O–H groups in total. The smallest absolute Gasteiger partial charge is 0.226 e. The van der Waals surface area contributed by atoms with E-state index in [-0.39, 0.29) is 5.91 Å². The summed E-state index contributed by atoms with van der Waals surface area (Å²) < 4.78 is 0. The van der Waals surface area contributed by atoms with Crippen LogP contribution in [0.2, 0.25) is 0 Å². The van der Waals surface area contributed by atoms with Crippen LogP contribution in [-0.2, 0) is 4.79 Å². The average Bonchev–Trinajstić information content (AvgIpc) is 2.38. The highest BCUT2D eigenvalue weighted by atomic mass is 32.1. The molecule has 0 aromatic heterocycles. The summed E-state index contributed by atoms with van der Waals surface area (Å²) in [5.74, 6) is 0.0440. The van der Waals surface area contributed by atoms with Crippen LogP contribution in [0.15, 0.2) is 0 Å². The largest absolute Gasteiger partial charge is 0.362 e. The molecule has 112 valence electrons. The van der Waals surface area contributed by atoms with Crippen molar-refractivity contribution in [1.82, 2.24) is 10.6 Å². The highest BCUT2D eigenvalue weighted by molar-refractivity contribution is 7.80. The lowest BCUT2D eigenvalue weighted by atomic mass is 10.1. The SMILES string of the molecule is CCCCCCCCCC(=O)NC(=S)NCCCC. The fourth-order valence-corrected chi connectivity index (χ4v) is 2.07. The van der Waals surface area contributed by atoms with E-state index in [1.807, 2.05) is 0 Å². The lowest BCUT2D eigenvalue weighted by molar-refractivity contribution is -0.119. The number of unbranched alkanes of at least 4 members (excludes halogenated alkanes) is 7. The first-order valence-electron chi connectivity index (χ1n) is 7.78.